The Morgan fingerprint density at radius 2 is 2.07 bits per heavy atom. The van der Waals surface area contributed by atoms with Crippen molar-refractivity contribution in [2.45, 2.75) is 13.3 Å². The topological polar surface area (TPSA) is 41.5 Å². The van der Waals surface area contributed by atoms with E-state index in [-0.39, 0.29) is 11.8 Å². The Morgan fingerprint density at radius 3 is 2.71 bits per heavy atom. The van der Waals surface area contributed by atoms with E-state index in [4.69, 9.17) is 0 Å². The molecule has 3 heteroatoms. The molecule has 2 rings (SSSR count). The van der Waals surface area contributed by atoms with Crippen LogP contribution in [0.5, 0.6) is 0 Å². The molecule has 0 unspecified atom stereocenters. The van der Waals surface area contributed by atoms with E-state index in [1.54, 1.807) is 0 Å². The zero-order valence-electron chi connectivity index (χ0n) is 8.03. The third-order valence-corrected chi connectivity index (χ3v) is 2.41. The SMILES string of the molecule is CC[C@H]1C(=O)NN=C1c1ccccc1. The van der Waals surface area contributed by atoms with Gasteiger partial charge in [-0.2, -0.15) is 5.10 Å². The number of hydrogen-bond acceptors (Lipinski definition) is 2. The minimum atomic E-state index is -0.0857. The third kappa shape index (κ3) is 1.41. The molecule has 0 spiro atoms. The van der Waals surface area contributed by atoms with E-state index in [0.717, 1.165) is 17.7 Å². The molecule has 1 aromatic carbocycles. The van der Waals surface area contributed by atoms with Gasteiger partial charge in [0.1, 0.15) is 0 Å². The van der Waals surface area contributed by atoms with E-state index in [9.17, 15) is 4.79 Å². The molecule has 0 fully saturated rings. The molecule has 0 aliphatic carbocycles. The molecule has 0 saturated heterocycles. The summed E-state index contributed by atoms with van der Waals surface area (Å²) in [6.07, 6.45) is 0.791. The number of rotatable bonds is 2. The van der Waals surface area contributed by atoms with Crippen LogP contribution in [0.15, 0.2) is 35.4 Å². The van der Waals surface area contributed by atoms with Crippen LogP contribution in [0, 0.1) is 5.92 Å². The summed E-state index contributed by atoms with van der Waals surface area (Å²) < 4.78 is 0. The van der Waals surface area contributed by atoms with Crippen LogP contribution in [0.1, 0.15) is 18.9 Å². The maximum absolute atomic E-state index is 11.4. The number of hydrazone groups is 1. The van der Waals surface area contributed by atoms with Gasteiger partial charge in [-0.1, -0.05) is 37.3 Å². The zero-order valence-corrected chi connectivity index (χ0v) is 8.03. The van der Waals surface area contributed by atoms with Gasteiger partial charge in [-0.25, -0.2) is 5.43 Å². The number of nitrogens with zero attached hydrogens (tertiary/aromatic N) is 1. The van der Waals surface area contributed by atoms with Gasteiger partial charge >= 0.3 is 0 Å². The van der Waals surface area contributed by atoms with Crippen molar-refractivity contribution >= 4 is 11.6 Å². The monoisotopic (exact) mass is 188 g/mol. The lowest BCUT2D eigenvalue weighted by Crippen LogP contribution is -2.22. The average Bonchev–Trinajstić information content (AvgIpc) is 2.61. The molecule has 1 aromatic rings. The van der Waals surface area contributed by atoms with Crippen molar-refractivity contribution in [1.29, 1.82) is 0 Å². The molecule has 0 aromatic heterocycles. The van der Waals surface area contributed by atoms with E-state index < -0.39 is 0 Å². The van der Waals surface area contributed by atoms with Gasteiger partial charge in [0.2, 0.25) is 5.91 Å². The molecule has 14 heavy (non-hydrogen) atoms. The second-order valence-electron chi connectivity index (χ2n) is 3.30. The maximum Gasteiger partial charge on any atom is 0.249 e. The fourth-order valence-electron chi connectivity index (χ4n) is 1.65. The van der Waals surface area contributed by atoms with Gasteiger partial charge in [-0.15, -0.1) is 0 Å². The summed E-state index contributed by atoms with van der Waals surface area (Å²) >= 11 is 0. The molecule has 0 bridgehead atoms. The highest BCUT2D eigenvalue weighted by molar-refractivity contribution is 6.16. The van der Waals surface area contributed by atoms with Crippen LogP contribution >= 0.6 is 0 Å². The normalized spacial score (nSPS) is 20.5. The lowest BCUT2D eigenvalue weighted by molar-refractivity contribution is -0.122. The van der Waals surface area contributed by atoms with Gasteiger partial charge in [0.25, 0.3) is 0 Å². The van der Waals surface area contributed by atoms with Crippen molar-refractivity contribution in [1.82, 2.24) is 5.43 Å². The van der Waals surface area contributed by atoms with Crippen LogP contribution in [0.25, 0.3) is 0 Å². The molecular formula is C11H12N2O. The highest BCUT2D eigenvalue weighted by atomic mass is 16.2. The van der Waals surface area contributed by atoms with Crippen LogP contribution in [0.4, 0.5) is 0 Å². The summed E-state index contributed by atoms with van der Waals surface area (Å²) in [5.74, 6) is -0.0799. The van der Waals surface area contributed by atoms with Gasteiger partial charge in [0.05, 0.1) is 11.6 Å². The predicted molar refractivity (Wildman–Crippen MR) is 54.9 cm³/mol. The number of carbonyl (C=O) groups excluding carboxylic acids is 1. The fourth-order valence-corrected chi connectivity index (χ4v) is 1.65. The molecule has 1 N–H and O–H groups in total. The van der Waals surface area contributed by atoms with Crippen molar-refractivity contribution in [2.24, 2.45) is 11.0 Å². The quantitative estimate of drug-likeness (QED) is 0.751. The summed E-state index contributed by atoms with van der Waals surface area (Å²) in [4.78, 5) is 11.4. The number of benzene rings is 1. The summed E-state index contributed by atoms with van der Waals surface area (Å²) in [6.45, 7) is 1.99. The molecule has 0 radical (unpaired) electrons. The van der Waals surface area contributed by atoms with Crippen molar-refractivity contribution in [3.8, 4) is 0 Å². The molecule has 1 atom stereocenters. The van der Waals surface area contributed by atoms with Gasteiger partial charge in [-0.05, 0) is 12.0 Å². The van der Waals surface area contributed by atoms with Crippen LogP contribution < -0.4 is 5.43 Å². The number of nitrogens with one attached hydrogen (secondary N) is 1. The number of amides is 1. The first-order valence-electron chi connectivity index (χ1n) is 4.75. The molecular weight excluding hydrogens is 176 g/mol. The maximum atomic E-state index is 11.4. The van der Waals surface area contributed by atoms with E-state index in [1.807, 2.05) is 37.3 Å². The molecule has 3 nitrogen and oxygen atoms in total. The van der Waals surface area contributed by atoms with Crippen molar-refractivity contribution in [3.63, 3.8) is 0 Å². The largest absolute Gasteiger partial charge is 0.272 e. The molecule has 72 valence electrons. The highest BCUT2D eigenvalue weighted by Gasteiger charge is 2.28. The van der Waals surface area contributed by atoms with Crippen LogP contribution in [-0.2, 0) is 4.79 Å². The standard InChI is InChI=1S/C11H12N2O/c1-2-9-10(12-13-11(9)14)8-6-4-3-5-7-8/h3-7,9H,2H2,1H3,(H,13,14)/t9-/m1/s1. The van der Waals surface area contributed by atoms with E-state index in [0.29, 0.717) is 0 Å². The second-order valence-corrected chi connectivity index (χ2v) is 3.30. The van der Waals surface area contributed by atoms with Crippen LogP contribution in [0.2, 0.25) is 0 Å². The van der Waals surface area contributed by atoms with Crippen molar-refractivity contribution < 1.29 is 4.79 Å². The van der Waals surface area contributed by atoms with Gasteiger partial charge < -0.3 is 0 Å². The number of carbonyl (C=O) groups is 1. The summed E-state index contributed by atoms with van der Waals surface area (Å²) in [5.41, 5.74) is 4.40. The van der Waals surface area contributed by atoms with Gasteiger partial charge in [0, 0.05) is 0 Å². The fraction of sp³-hybridized carbons (Fsp3) is 0.273. The predicted octanol–water partition coefficient (Wildman–Crippen LogP) is 1.55. The first kappa shape index (κ1) is 8.94. The molecule has 1 aliphatic rings. The first-order chi connectivity index (χ1) is 6.83. The molecule has 1 heterocycles. The Morgan fingerprint density at radius 1 is 1.36 bits per heavy atom. The molecule has 1 amide bonds. The molecule has 0 saturated carbocycles. The van der Waals surface area contributed by atoms with Crippen molar-refractivity contribution in [3.05, 3.63) is 35.9 Å². The van der Waals surface area contributed by atoms with Crippen LogP contribution in [-0.4, -0.2) is 11.6 Å². The Hall–Kier alpha value is -1.64. The Kier molecular flexibility index (Phi) is 2.31. The summed E-state index contributed by atoms with van der Waals surface area (Å²) in [6, 6.07) is 9.81. The molecule has 1 aliphatic heterocycles. The third-order valence-electron chi connectivity index (χ3n) is 2.41. The Bertz CT molecular complexity index is 370. The van der Waals surface area contributed by atoms with Gasteiger partial charge in [-0.3, -0.25) is 4.79 Å². The van der Waals surface area contributed by atoms with Crippen LogP contribution in [0.3, 0.4) is 0 Å². The zero-order chi connectivity index (χ0) is 9.97. The first-order valence-corrected chi connectivity index (χ1v) is 4.75. The lowest BCUT2D eigenvalue weighted by atomic mass is 9.95. The van der Waals surface area contributed by atoms with E-state index >= 15 is 0 Å². The second kappa shape index (κ2) is 3.62. The minimum absolute atomic E-state index is 0.00588. The van der Waals surface area contributed by atoms with E-state index in [1.165, 1.54) is 0 Å². The minimum Gasteiger partial charge on any atom is -0.272 e. The average molecular weight is 188 g/mol. The Balaban J connectivity index is 2.32. The lowest BCUT2D eigenvalue weighted by Gasteiger charge is -2.06. The summed E-state index contributed by atoms with van der Waals surface area (Å²) in [5, 5.41) is 4.06. The number of hydrogen-bond donors (Lipinski definition) is 1. The smallest absolute Gasteiger partial charge is 0.249 e. The van der Waals surface area contributed by atoms with E-state index in [2.05, 4.69) is 10.5 Å². The van der Waals surface area contributed by atoms with Crippen molar-refractivity contribution in [2.75, 3.05) is 0 Å². The van der Waals surface area contributed by atoms with Gasteiger partial charge in [0.15, 0.2) is 0 Å². The summed E-state index contributed by atoms with van der Waals surface area (Å²) in [7, 11) is 0. The highest BCUT2D eigenvalue weighted by Crippen LogP contribution is 2.17. The Labute approximate surface area is 82.8 Å².